The first-order valence-corrected chi connectivity index (χ1v) is 9.39. The van der Waals surface area contributed by atoms with Crippen LogP contribution in [0, 0.1) is 0 Å². The summed E-state index contributed by atoms with van der Waals surface area (Å²) in [7, 11) is 0. The van der Waals surface area contributed by atoms with Gasteiger partial charge in [-0.05, 0) is 63.9 Å². The lowest BCUT2D eigenvalue weighted by Crippen LogP contribution is -2.36. The molecule has 6 heteroatoms. The third-order valence-corrected chi connectivity index (χ3v) is 4.63. The maximum atomic E-state index is 11.7. The van der Waals surface area contributed by atoms with Gasteiger partial charge in [0.1, 0.15) is 5.75 Å². The fraction of sp³-hybridized carbons (Fsp3) is 0.600. The minimum atomic E-state index is -0.767. The Hall–Kier alpha value is -2.08. The predicted molar refractivity (Wildman–Crippen MR) is 100 cm³/mol. The Labute approximate surface area is 155 Å². The van der Waals surface area contributed by atoms with Crippen molar-refractivity contribution in [2.45, 2.75) is 52.2 Å². The number of esters is 1. The lowest BCUT2D eigenvalue weighted by atomic mass is 10.1. The summed E-state index contributed by atoms with van der Waals surface area (Å²) < 4.78 is 10.6. The number of rotatable bonds is 9. The number of carbonyl (C=O) groups is 2. The molecule has 2 rings (SSSR count). The van der Waals surface area contributed by atoms with E-state index in [1.165, 1.54) is 25.3 Å². The van der Waals surface area contributed by atoms with Crippen molar-refractivity contribution in [2.75, 3.05) is 26.2 Å². The number of benzene rings is 1. The van der Waals surface area contributed by atoms with Gasteiger partial charge in [0.2, 0.25) is 0 Å². The van der Waals surface area contributed by atoms with Crippen LogP contribution in [0.3, 0.4) is 0 Å². The Morgan fingerprint density at radius 3 is 2.65 bits per heavy atom. The van der Waals surface area contributed by atoms with Gasteiger partial charge in [0.25, 0.3) is 5.91 Å². The van der Waals surface area contributed by atoms with Crippen LogP contribution in [0.2, 0.25) is 0 Å². The molecular formula is C20H30N2O4. The average molecular weight is 362 g/mol. The Morgan fingerprint density at radius 2 is 1.96 bits per heavy atom. The molecule has 0 saturated carbocycles. The van der Waals surface area contributed by atoms with Crippen LogP contribution >= 0.6 is 0 Å². The highest BCUT2D eigenvalue weighted by Gasteiger charge is 2.19. The van der Waals surface area contributed by atoms with Crippen LogP contribution in [0.5, 0.6) is 5.75 Å². The van der Waals surface area contributed by atoms with Crippen molar-refractivity contribution < 1.29 is 19.1 Å². The molecule has 1 aliphatic heterocycles. The Balaban J connectivity index is 1.70. The number of ether oxygens (including phenoxy) is 2. The highest BCUT2D eigenvalue weighted by atomic mass is 16.5. The van der Waals surface area contributed by atoms with Gasteiger partial charge >= 0.3 is 5.97 Å². The molecule has 0 spiro atoms. The molecule has 1 saturated heterocycles. The highest BCUT2D eigenvalue weighted by Crippen LogP contribution is 2.26. The smallest absolute Gasteiger partial charge is 0.303 e. The summed E-state index contributed by atoms with van der Waals surface area (Å²) in [4.78, 5) is 25.0. The van der Waals surface area contributed by atoms with Crippen molar-refractivity contribution >= 4 is 11.9 Å². The van der Waals surface area contributed by atoms with E-state index in [1.807, 2.05) is 12.1 Å². The maximum Gasteiger partial charge on any atom is 0.303 e. The van der Waals surface area contributed by atoms with Crippen LogP contribution in [-0.4, -0.2) is 49.1 Å². The van der Waals surface area contributed by atoms with Gasteiger partial charge in [0.05, 0.1) is 6.61 Å². The number of hydrogen-bond acceptors (Lipinski definition) is 5. The van der Waals surface area contributed by atoms with Crippen molar-refractivity contribution in [1.29, 1.82) is 0 Å². The van der Waals surface area contributed by atoms with Crippen LogP contribution in [0.25, 0.3) is 0 Å². The van der Waals surface area contributed by atoms with E-state index in [2.05, 4.69) is 29.3 Å². The standard InChI is InChI=1S/C20H30N2O4/c1-15(22-11-4-5-12-22)18-8-6-9-19(14-18)25-13-7-10-21-20(24)16(2)26-17(3)23/h6,8-9,14-16H,4-5,7,10-13H2,1-3H3,(H,21,24). The normalized spacial score (nSPS) is 16.7. The molecule has 0 bridgehead atoms. The summed E-state index contributed by atoms with van der Waals surface area (Å²) in [6.07, 6.45) is 2.48. The molecule has 1 aliphatic rings. The van der Waals surface area contributed by atoms with Crippen LogP contribution < -0.4 is 10.1 Å². The van der Waals surface area contributed by atoms with E-state index in [9.17, 15) is 9.59 Å². The Morgan fingerprint density at radius 1 is 1.23 bits per heavy atom. The molecule has 6 nitrogen and oxygen atoms in total. The fourth-order valence-electron chi connectivity index (χ4n) is 3.12. The first-order valence-electron chi connectivity index (χ1n) is 9.39. The minimum Gasteiger partial charge on any atom is -0.494 e. The third-order valence-electron chi connectivity index (χ3n) is 4.63. The number of likely N-dealkylation sites (tertiary alicyclic amines) is 1. The predicted octanol–water partition coefficient (Wildman–Crippen LogP) is 2.68. The number of hydrogen-bond donors (Lipinski definition) is 1. The highest BCUT2D eigenvalue weighted by molar-refractivity contribution is 5.82. The maximum absolute atomic E-state index is 11.7. The molecule has 1 aromatic carbocycles. The molecule has 0 aliphatic carbocycles. The zero-order valence-corrected chi connectivity index (χ0v) is 16.0. The van der Waals surface area contributed by atoms with Crippen molar-refractivity contribution in [3.63, 3.8) is 0 Å². The van der Waals surface area contributed by atoms with E-state index in [0.29, 0.717) is 25.6 Å². The van der Waals surface area contributed by atoms with Crippen LogP contribution in [0.15, 0.2) is 24.3 Å². The van der Waals surface area contributed by atoms with Crippen LogP contribution in [-0.2, 0) is 14.3 Å². The molecule has 1 heterocycles. The van der Waals surface area contributed by atoms with E-state index in [1.54, 1.807) is 6.92 Å². The summed E-state index contributed by atoms with van der Waals surface area (Å²) in [5.74, 6) is 0.105. The first-order chi connectivity index (χ1) is 12.5. The van der Waals surface area contributed by atoms with Crippen LogP contribution in [0.1, 0.15) is 51.6 Å². The quantitative estimate of drug-likeness (QED) is 0.540. The van der Waals surface area contributed by atoms with Crippen molar-refractivity contribution in [1.82, 2.24) is 10.2 Å². The summed E-state index contributed by atoms with van der Waals surface area (Å²) in [5, 5.41) is 2.74. The number of nitrogens with one attached hydrogen (secondary N) is 1. The molecule has 0 aromatic heterocycles. The van der Waals surface area contributed by atoms with E-state index < -0.39 is 12.1 Å². The first kappa shape index (κ1) is 20.2. The zero-order chi connectivity index (χ0) is 18.9. The summed E-state index contributed by atoms with van der Waals surface area (Å²) in [6.45, 7) is 8.41. The lowest BCUT2D eigenvalue weighted by molar-refractivity contribution is -0.152. The summed E-state index contributed by atoms with van der Waals surface area (Å²) in [6, 6.07) is 8.64. The van der Waals surface area contributed by atoms with Gasteiger partial charge in [0.15, 0.2) is 6.10 Å². The SMILES string of the molecule is CC(=O)OC(C)C(=O)NCCCOc1cccc(C(C)N2CCCC2)c1. The Kier molecular flexibility index (Phi) is 7.91. The second-order valence-electron chi connectivity index (χ2n) is 6.74. The van der Waals surface area contributed by atoms with Gasteiger partial charge in [-0.2, -0.15) is 0 Å². The average Bonchev–Trinajstić information content (AvgIpc) is 3.15. The van der Waals surface area contributed by atoms with Crippen molar-refractivity contribution in [2.24, 2.45) is 0 Å². The van der Waals surface area contributed by atoms with Crippen molar-refractivity contribution in [3.05, 3.63) is 29.8 Å². The van der Waals surface area contributed by atoms with E-state index >= 15 is 0 Å². The fourth-order valence-corrected chi connectivity index (χ4v) is 3.12. The van der Waals surface area contributed by atoms with E-state index in [4.69, 9.17) is 9.47 Å². The van der Waals surface area contributed by atoms with Gasteiger partial charge in [0, 0.05) is 19.5 Å². The monoisotopic (exact) mass is 362 g/mol. The molecule has 1 aromatic rings. The van der Waals surface area contributed by atoms with Gasteiger partial charge in [-0.15, -0.1) is 0 Å². The van der Waals surface area contributed by atoms with Gasteiger partial charge in [-0.25, -0.2) is 0 Å². The third kappa shape index (κ3) is 6.33. The van der Waals surface area contributed by atoms with Crippen LogP contribution in [0.4, 0.5) is 0 Å². The molecule has 1 amide bonds. The number of nitrogens with zero attached hydrogens (tertiary/aromatic N) is 1. The lowest BCUT2D eigenvalue weighted by Gasteiger charge is -2.24. The van der Waals surface area contributed by atoms with Gasteiger partial charge in [-0.3, -0.25) is 14.5 Å². The number of amides is 1. The van der Waals surface area contributed by atoms with Crippen molar-refractivity contribution in [3.8, 4) is 5.75 Å². The molecular weight excluding hydrogens is 332 g/mol. The summed E-state index contributed by atoms with van der Waals surface area (Å²) in [5.41, 5.74) is 1.27. The summed E-state index contributed by atoms with van der Waals surface area (Å²) >= 11 is 0. The molecule has 0 radical (unpaired) electrons. The van der Waals surface area contributed by atoms with Gasteiger partial charge in [-0.1, -0.05) is 12.1 Å². The molecule has 1 fully saturated rings. The van der Waals surface area contributed by atoms with E-state index in [-0.39, 0.29) is 5.91 Å². The largest absolute Gasteiger partial charge is 0.494 e. The minimum absolute atomic E-state index is 0.290. The number of carbonyl (C=O) groups excluding carboxylic acids is 2. The Bertz CT molecular complexity index is 599. The second-order valence-corrected chi connectivity index (χ2v) is 6.74. The molecule has 2 unspecified atom stereocenters. The molecule has 2 atom stereocenters. The molecule has 26 heavy (non-hydrogen) atoms. The topological polar surface area (TPSA) is 67.9 Å². The van der Waals surface area contributed by atoms with E-state index in [0.717, 1.165) is 18.8 Å². The van der Waals surface area contributed by atoms with Gasteiger partial charge < -0.3 is 14.8 Å². The molecule has 1 N–H and O–H groups in total. The molecule has 144 valence electrons. The zero-order valence-electron chi connectivity index (χ0n) is 16.0. The second kappa shape index (κ2) is 10.2.